The van der Waals surface area contributed by atoms with Crippen LogP contribution < -0.4 is 5.32 Å². The first kappa shape index (κ1) is 16.5. The molecule has 1 aromatic rings. The number of ether oxygens (including phenoxy) is 1. The highest BCUT2D eigenvalue weighted by Crippen LogP contribution is 2.38. The smallest absolute Gasteiger partial charge is 0.341 e. The Morgan fingerprint density at radius 3 is 2.64 bits per heavy atom. The topological polar surface area (TPSA) is 92.7 Å². The number of hydrogen-bond acceptors (Lipinski definition) is 5. The molecule has 1 aromatic heterocycles. The van der Waals surface area contributed by atoms with E-state index in [-0.39, 0.29) is 19.4 Å². The molecule has 0 saturated carbocycles. The van der Waals surface area contributed by atoms with Crippen LogP contribution >= 0.6 is 11.3 Å². The highest BCUT2D eigenvalue weighted by atomic mass is 32.1. The van der Waals surface area contributed by atoms with E-state index < -0.39 is 17.8 Å². The van der Waals surface area contributed by atoms with Crippen molar-refractivity contribution < 1.29 is 24.2 Å². The first-order valence-electron chi connectivity index (χ1n) is 7.36. The SMILES string of the molecule is CCOC(=O)c1c(NC(=O)CCC(=O)O)sc2c1CCCC2. The number of thiophene rings is 1. The van der Waals surface area contributed by atoms with E-state index in [1.165, 1.54) is 11.3 Å². The Morgan fingerprint density at radius 2 is 1.95 bits per heavy atom. The summed E-state index contributed by atoms with van der Waals surface area (Å²) in [6.45, 7) is 2.01. The summed E-state index contributed by atoms with van der Waals surface area (Å²) in [6.07, 6.45) is 3.46. The molecular formula is C15H19NO5S. The molecule has 2 rings (SSSR count). The standard InChI is InChI=1S/C15H19NO5S/c1-2-21-15(20)13-9-5-3-4-6-10(9)22-14(13)16-11(17)7-8-12(18)19/h2-8H2,1H3,(H,16,17)(H,18,19). The maximum absolute atomic E-state index is 12.2. The molecule has 2 N–H and O–H groups in total. The van der Waals surface area contributed by atoms with Gasteiger partial charge in [-0.25, -0.2) is 4.79 Å². The summed E-state index contributed by atoms with van der Waals surface area (Å²) in [7, 11) is 0. The number of aliphatic carboxylic acids is 1. The number of carbonyl (C=O) groups is 3. The van der Waals surface area contributed by atoms with Crippen LogP contribution in [0.4, 0.5) is 5.00 Å². The molecule has 1 heterocycles. The van der Waals surface area contributed by atoms with E-state index in [0.29, 0.717) is 10.6 Å². The van der Waals surface area contributed by atoms with E-state index in [1.54, 1.807) is 6.92 Å². The molecule has 22 heavy (non-hydrogen) atoms. The van der Waals surface area contributed by atoms with E-state index >= 15 is 0 Å². The number of hydrogen-bond donors (Lipinski definition) is 2. The van der Waals surface area contributed by atoms with Gasteiger partial charge in [-0.05, 0) is 38.2 Å². The minimum atomic E-state index is -1.02. The van der Waals surface area contributed by atoms with Gasteiger partial charge in [0, 0.05) is 11.3 Å². The number of rotatable bonds is 6. The van der Waals surface area contributed by atoms with Gasteiger partial charge in [0.2, 0.25) is 5.91 Å². The van der Waals surface area contributed by atoms with E-state index in [2.05, 4.69) is 5.32 Å². The number of carboxylic acid groups (broad SMARTS) is 1. The van der Waals surface area contributed by atoms with Crippen LogP contribution in [-0.4, -0.2) is 29.6 Å². The van der Waals surface area contributed by atoms with Crippen molar-refractivity contribution in [3.05, 3.63) is 16.0 Å². The molecule has 120 valence electrons. The molecule has 0 spiro atoms. The second-order valence-electron chi connectivity index (χ2n) is 5.08. The lowest BCUT2D eigenvalue weighted by Crippen LogP contribution is -2.16. The summed E-state index contributed by atoms with van der Waals surface area (Å²) in [5.74, 6) is -1.84. The van der Waals surface area contributed by atoms with Crippen LogP contribution in [0.3, 0.4) is 0 Å². The summed E-state index contributed by atoms with van der Waals surface area (Å²) in [5.41, 5.74) is 1.42. The number of nitrogens with one attached hydrogen (secondary N) is 1. The van der Waals surface area contributed by atoms with Crippen molar-refractivity contribution in [1.29, 1.82) is 0 Å². The van der Waals surface area contributed by atoms with Crippen molar-refractivity contribution in [2.24, 2.45) is 0 Å². The zero-order valence-corrected chi connectivity index (χ0v) is 13.3. The minimum Gasteiger partial charge on any atom is -0.481 e. The molecule has 1 aliphatic rings. The average Bonchev–Trinajstić information content (AvgIpc) is 2.83. The number of aryl methyl sites for hydroxylation is 1. The Kier molecular flexibility index (Phi) is 5.54. The monoisotopic (exact) mass is 325 g/mol. The molecule has 0 aliphatic heterocycles. The van der Waals surface area contributed by atoms with Crippen molar-refractivity contribution in [1.82, 2.24) is 0 Å². The van der Waals surface area contributed by atoms with Gasteiger partial charge in [0.25, 0.3) is 0 Å². The van der Waals surface area contributed by atoms with Crippen molar-refractivity contribution in [2.75, 3.05) is 11.9 Å². The summed E-state index contributed by atoms with van der Waals surface area (Å²) in [5, 5.41) is 11.8. The molecule has 7 heteroatoms. The minimum absolute atomic E-state index is 0.111. The summed E-state index contributed by atoms with van der Waals surface area (Å²) >= 11 is 1.40. The van der Waals surface area contributed by atoms with Crippen molar-refractivity contribution in [3.63, 3.8) is 0 Å². The molecule has 0 radical (unpaired) electrons. The third-order valence-corrected chi connectivity index (χ3v) is 4.68. The van der Waals surface area contributed by atoms with Crippen LogP contribution in [0.5, 0.6) is 0 Å². The Labute approximate surface area is 132 Å². The van der Waals surface area contributed by atoms with Gasteiger partial charge in [-0.2, -0.15) is 0 Å². The van der Waals surface area contributed by atoms with E-state index in [0.717, 1.165) is 36.1 Å². The van der Waals surface area contributed by atoms with Crippen LogP contribution in [0.25, 0.3) is 0 Å². The average molecular weight is 325 g/mol. The molecule has 0 bridgehead atoms. The molecule has 0 fully saturated rings. The van der Waals surface area contributed by atoms with Crippen molar-refractivity contribution in [2.45, 2.75) is 45.4 Å². The fourth-order valence-corrected chi connectivity index (χ4v) is 3.78. The zero-order valence-electron chi connectivity index (χ0n) is 12.4. The number of carboxylic acids is 1. The lowest BCUT2D eigenvalue weighted by atomic mass is 9.95. The predicted octanol–water partition coefficient (Wildman–Crippen LogP) is 2.61. The number of anilines is 1. The van der Waals surface area contributed by atoms with Gasteiger partial charge >= 0.3 is 11.9 Å². The second kappa shape index (κ2) is 7.40. The largest absolute Gasteiger partial charge is 0.481 e. The summed E-state index contributed by atoms with van der Waals surface area (Å²) < 4.78 is 5.10. The van der Waals surface area contributed by atoms with Crippen LogP contribution in [0, 0.1) is 0 Å². The molecular weight excluding hydrogens is 306 g/mol. The van der Waals surface area contributed by atoms with Crippen LogP contribution in [0.2, 0.25) is 0 Å². The second-order valence-corrected chi connectivity index (χ2v) is 6.18. The van der Waals surface area contributed by atoms with Crippen LogP contribution in [0.1, 0.15) is 53.4 Å². The van der Waals surface area contributed by atoms with Gasteiger partial charge < -0.3 is 15.2 Å². The Balaban J connectivity index is 2.22. The fraction of sp³-hybridized carbons (Fsp3) is 0.533. The molecule has 6 nitrogen and oxygen atoms in total. The van der Waals surface area contributed by atoms with Crippen molar-refractivity contribution in [3.8, 4) is 0 Å². The number of fused-ring (bicyclic) bond motifs is 1. The van der Waals surface area contributed by atoms with Crippen LogP contribution in [0.15, 0.2) is 0 Å². The molecule has 0 unspecified atom stereocenters. The third kappa shape index (κ3) is 3.85. The Bertz CT molecular complexity index is 593. The van der Waals surface area contributed by atoms with Gasteiger partial charge in [-0.3, -0.25) is 9.59 Å². The lowest BCUT2D eigenvalue weighted by molar-refractivity contribution is -0.138. The molecule has 0 saturated heterocycles. The van der Waals surface area contributed by atoms with Crippen molar-refractivity contribution >= 4 is 34.2 Å². The summed E-state index contributed by atoms with van der Waals surface area (Å²) in [4.78, 5) is 35.7. The normalized spacial score (nSPS) is 13.3. The van der Waals surface area contributed by atoms with E-state index in [4.69, 9.17) is 9.84 Å². The lowest BCUT2D eigenvalue weighted by Gasteiger charge is -2.12. The van der Waals surface area contributed by atoms with Gasteiger partial charge in [-0.15, -0.1) is 11.3 Å². The number of carbonyl (C=O) groups excluding carboxylic acids is 2. The predicted molar refractivity (Wildman–Crippen MR) is 82.4 cm³/mol. The molecule has 0 atom stereocenters. The molecule has 1 aliphatic carbocycles. The fourth-order valence-electron chi connectivity index (χ4n) is 2.48. The quantitative estimate of drug-likeness (QED) is 0.784. The first-order chi connectivity index (χ1) is 10.5. The highest BCUT2D eigenvalue weighted by Gasteiger charge is 2.27. The van der Waals surface area contributed by atoms with Gasteiger partial charge in [-0.1, -0.05) is 0 Å². The number of esters is 1. The summed E-state index contributed by atoms with van der Waals surface area (Å²) in [6, 6.07) is 0. The Morgan fingerprint density at radius 1 is 1.23 bits per heavy atom. The molecule has 1 amide bonds. The Hall–Kier alpha value is -1.89. The van der Waals surface area contributed by atoms with E-state index in [1.807, 2.05) is 0 Å². The maximum atomic E-state index is 12.2. The highest BCUT2D eigenvalue weighted by molar-refractivity contribution is 7.17. The van der Waals surface area contributed by atoms with Gasteiger partial charge in [0.05, 0.1) is 18.6 Å². The van der Waals surface area contributed by atoms with Crippen LogP contribution in [-0.2, 0) is 27.2 Å². The van der Waals surface area contributed by atoms with Gasteiger partial charge in [0.15, 0.2) is 0 Å². The maximum Gasteiger partial charge on any atom is 0.341 e. The third-order valence-electron chi connectivity index (χ3n) is 3.47. The number of amides is 1. The first-order valence-corrected chi connectivity index (χ1v) is 8.17. The molecule has 0 aromatic carbocycles. The van der Waals surface area contributed by atoms with E-state index in [9.17, 15) is 14.4 Å². The van der Waals surface area contributed by atoms with Gasteiger partial charge in [0.1, 0.15) is 5.00 Å². The zero-order chi connectivity index (χ0) is 16.1.